The third kappa shape index (κ3) is 3.22. The standard InChI is InChI=1S/C17H19N5O4/c18-9-11-2-3-12-14(8-11)21(7-1-6-19-10-23)17(26)22(12)13-4-5-15(24)20-16(13)25/h2-3,8,13H,1,4-7,9,18H2,(H,20,24,25). The normalized spacial score (nSPS) is 17.2. The summed E-state index contributed by atoms with van der Waals surface area (Å²) in [6, 6.07) is 4.66. The average Bonchev–Trinajstić information content (AvgIpc) is 2.90. The van der Waals surface area contributed by atoms with Gasteiger partial charge < -0.3 is 5.73 Å². The van der Waals surface area contributed by atoms with Crippen molar-refractivity contribution in [3.8, 4) is 0 Å². The molecule has 0 saturated carbocycles. The number of aryl methyl sites for hydroxylation is 1. The van der Waals surface area contributed by atoms with Gasteiger partial charge in [-0.2, -0.15) is 0 Å². The maximum Gasteiger partial charge on any atom is 0.329 e. The molecule has 0 spiro atoms. The molecule has 1 atom stereocenters. The molecule has 1 aromatic heterocycles. The maximum absolute atomic E-state index is 13.0. The first kappa shape index (κ1) is 17.8. The highest BCUT2D eigenvalue weighted by molar-refractivity contribution is 6.00. The molecule has 3 N–H and O–H groups in total. The number of hydrogen-bond acceptors (Lipinski definition) is 6. The number of aromatic nitrogens is 2. The number of rotatable bonds is 6. The number of nitrogens with zero attached hydrogens (tertiary/aromatic N) is 3. The van der Waals surface area contributed by atoms with Crippen molar-refractivity contribution in [3.63, 3.8) is 0 Å². The van der Waals surface area contributed by atoms with Crippen LogP contribution in [-0.4, -0.2) is 33.6 Å². The molecule has 1 aliphatic heterocycles. The minimum absolute atomic E-state index is 0.185. The number of nitrogens with two attached hydrogens (primary N) is 1. The molecular weight excluding hydrogens is 338 g/mol. The van der Waals surface area contributed by atoms with Crippen LogP contribution in [-0.2, 0) is 27.5 Å². The Hall–Kier alpha value is -3.03. The van der Waals surface area contributed by atoms with Crippen molar-refractivity contribution < 1.29 is 14.4 Å². The zero-order valence-electron chi connectivity index (χ0n) is 14.1. The summed E-state index contributed by atoms with van der Waals surface area (Å²) in [6.07, 6.45) is 2.42. The van der Waals surface area contributed by atoms with E-state index in [4.69, 9.17) is 5.73 Å². The lowest BCUT2D eigenvalue weighted by atomic mass is 10.1. The molecule has 2 heterocycles. The first-order valence-corrected chi connectivity index (χ1v) is 8.38. The molecule has 0 radical (unpaired) electrons. The van der Waals surface area contributed by atoms with E-state index in [1.54, 1.807) is 10.6 Å². The number of fused-ring (bicyclic) bond motifs is 1. The highest BCUT2D eigenvalue weighted by Gasteiger charge is 2.31. The quantitative estimate of drug-likeness (QED) is 0.324. The lowest BCUT2D eigenvalue weighted by molar-refractivity contribution is -0.135. The van der Waals surface area contributed by atoms with E-state index in [1.807, 2.05) is 12.1 Å². The van der Waals surface area contributed by atoms with Crippen LogP contribution >= 0.6 is 0 Å². The Labute approximate surface area is 148 Å². The van der Waals surface area contributed by atoms with Crippen molar-refractivity contribution in [1.29, 1.82) is 0 Å². The van der Waals surface area contributed by atoms with Gasteiger partial charge in [-0.05, 0) is 30.5 Å². The molecule has 9 nitrogen and oxygen atoms in total. The van der Waals surface area contributed by atoms with Crippen molar-refractivity contribution in [2.75, 3.05) is 6.54 Å². The number of piperidine rings is 1. The molecule has 2 amide bonds. The summed E-state index contributed by atoms with van der Waals surface area (Å²) in [5, 5.41) is 2.29. The van der Waals surface area contributed by atoms with Gasteiger partial charge in [0, 0.05) is 19.5 Å². The number of aliphatic imine (C=N–C) groups is 1. The largest absolute Gasteiger partial charge is 0.329 e. The molecule has 1 aliphatic rings. The van der Waals surface area contributed by atoms with E-state index in [9.17, 15) is 19.2 Å². The molecule has 1 saturated heterocycles. The number of amides is 2. The highest BCUT2D eigenvalue weighted by atomic mass is 16.2. The second-order valence-corrected chi connectivity index (χ2v) is 6.12. The fourth-order valence-corrected chi connectivity index (χ4v) is 3.25. The van der Waals surface area contributed by atoms with Crippen LogP contribution < -0.4 is 16.7 Å². The summed E-state index contributed by atoms with van der Waals surface area (Å²) in [6.45, 7) is 0.926. The number of carbonyl (C=O) groups excluding carboxylic acids is 3. The van der Waals surface area contributed by atoms with E-state index in [0.717, 1.165) is 5.56 Å². The fraction of sp³-hybridized carbons (Fsp3) is 0.412. The van der Waals surface area contributed by atoms with Gasteiger partial charge in [0.1, 0.15) is 6.04 Å². The number of nitrogens with one attached hydrogen (secondary N) is 1. The first-order valence-electron chi connectivity index (χ1n) is 8.38. The van der Waals surface area contributed by atoms with Gasteiger partial charge in [-0.1, -0.05) is 6.07 Å². The van der Waals surface area contributed by atoms with E-state index in [0.29, 0.717) is 30.5 Å². The Morgan fingerprint density at radius 3 is 2.77 bits per heavy atom. The third-order valence-electron chi connectivity index (χ3n) is 4.50. The Morgan fingerprint density at radius 1 is 1.27 bits per heavy atom. The molecule has 0 bridgehead atoms. The van der Waals surface area contributed by atoms with E-state index in [2.05, 4.69) is 10.3 Å². The Bertz CT molecular complexity index is 967. The van der Waals surface area contributed by atoms with E-state index in [-0.39, 0.29) is 31.0 Å². The van der Waals surface area contributed by atoms with Gasteiger partial charge in [-0.3, -0.25) is 24.0 Å². The Kier molecular flexibility index (Phi) is 5.11. The molecule has 0 aliphatic carbocycles. The average molecular weight is 357 g/mol. The van der Waals surface area contributed by atoms with Gasteiger partial charge in [0.15, 0.2) is 0 Å². The van der Waals surface area contributed by atoms with Crippen molar-refractivity contribution in [3.05, 3.63) is 34.2 Å². The summed E-state index contributed by atoms with van der Waals surface area (Å²) >= 11 is 0. The Morgan fingerprint density at radius 2 is 2.08 bits per heavy atom. The van der Waals surface area contributed by atoms with Crippen LogP contribution in [0, 0.1) is 0 Å². The number of hydrogen-bond donors (Lipinski definition) is 2. The van der Waals surface area contributed by atoms with Crippen LogP contribution in [0.25, 0.3) is 11.0 Å². The van der Waals surface area contributed by atoms with Gasteiger partial charge in [-0.15, -0.1) is 0 Å². The summed E-state index contributed by atoms with van der Waals surface area (Å²) in [5.41, 5.74) is 7.50. The van der Waals surface area contributed by atoms with Crippen molar-refractivity contribution >= 4 is 28.9 Å². The molecule has 1 fully saturated rings. The van der Waals surface area contributed by atoms with Gasteiger partial charge in [0.05, 0.1) is 17.6 Å². The van der Waals surface area contributed by atoms with Crippen molar-refractivity contribution in [2.45, 2.75) is 38.4 Å². The predicted molar refractivity (Wildman–Crippen MR) is 93.1 cm³/mol. The van der Waals surface area contributed by atoms with Gasteiger partial charge in [0.25, 0.3) is 0 Å². The molecule has 2 aromatic rings. The first-order chi connectivity index (χ1) is 12.6. The zero-order valence-corrected chi connectivity index (χ0v) is 14.1. The second-order valence-electron chi connectivity index (χ2n) is 6.12. The maximum atomic E-state index is 13.0. The van der Waals surface area contributed by atoms with E-state index >= 15 is 0 Å². The number of carbonyl (C=O) groups is 2. The number of isocyanates is 1. The van der Waals surface area contributed by atoms with Crippen LogP contribution in [0.5, 0.6) is 0 Å². The van der Waals surface area contributed by atoms with Crippen LogP contribution in [0.2, 0.25) is 0 Å². The smallest absolute Gasteiger partial charge is 0.326 e. The lowest BCUT2D eigenvalue weighted by Gasteiger charge is -2.21. The predicted octanol–water partition coefficient (Wildman–Crippen LogP) is -0.0347. The summed E-state index contributed by atoms with van der Waals surface area (Å²) in [7, 11) is 0. The van der Waals surface area contributed by atoms with Crippen LogP contribution in [0.4, 0.5) is 0 Å². The molecular formula is C17H19N5O4. The minimum atomic E-state index is -0.735. The molecule has 1 aromatic carbocycles. The summed E-state index contributed by atoms with van der Waals surface area (Å²) in [5.74, 6) is -0.809. The van der Waals surface area contributed by atoms with Crippen molar-refractivity contribution in [2.24, 2.45) is 10.7 Å². The minimum Gasteiger partial charge on any atom is -0.326 e. The molecule has 9 heteroatoms. The lowest BCUT2D eigenvalue weighted by Crippen LogP contribution is -2.44. The summed E-state index contributed by atoms with van der Waals surface area (Å²) < 4.78 is 2.99. The zero-order chi connectivity index (χ0) is 18.7. The van der Waals surface area contributed by atoms with Crippen LogP contribution in [0.3, 0.4) is 0 Å². The monoisotopic (exact) mass is 357 g/mol. The molecule has 1 unspecified atom stereocenters. The SMILES string of the molecule is NCc1ccc2c(c1)n(CCCN=C=O)c(=O)n2C1CCC(=O)NC1=O. The molecule has 136 valence electrons. The number of imidazole rings is 1. The fourth-order valence-electron chi connectivity index (χ4n) is 3.25. The van der Waals surface area contributed by atoms with Gasteiger partial charge >= 0.3 is 5.69 Å². The second kappa shape index (κ2) is 7.47. The van der Waals surface area contributed by atoms with Crippen LogP contribution in [0.1, 0.15) is 30.9 Å². The van der Waals surface area contributed by atoms with E-state index < -0.39 is 11.9 Å². The topological polar surface area (TPSA) is 129 Å². The van der Waals surface area contributed by atoms with Crippen molar-refractivity contribution in [1.82, 2.24) is 14.5 Å². The molecule has 3 rings (SSSR count). The van der Waals surface area contributed by atoms with Gasteiger partial charge in [0.2, 0.25) is 17.9 Å². The van der Waals surface area contributed by atoms with Crippen LogP contribution in [0.15, 0.2) is 28.0 Å². The highest BCUT2D eigenvalue weighted by Crippen LogP contribution is 2.24. The molecule has 26 heavy (non-hydrogen) atoms. The van der Waals surface area contributed by atoms with E-state index in [1.165, 1.54) is 10.6 Å². The third-order valence-corrected chi connectivity index (χ3v) is 4.50. The Balaban J connectivity index is 2.09. The number of imide groups is 1. The number of benzene rings is 1. The summed E-state index contributed by atoms with van der Waals surface area (Å²) in [4.78, 5) is 50.4. The van der Waals surface area contributed by atoms with Gasteiger partial charge in [-0.25, -0.2) is 14.6 Å².